The first-order valence-corrected chi connectivity index (χ1v) is 5.35. The molecule has 1 heterocycles. The zero-order valence-corrected chi connectivity index (χ0v) is 10.7. The minimum atomic E-state index is -0.182. The molecule has 0 spiro atoms. The quantitative estimate of drug-likeness (QED) is 0.782. The lowest BCUT2D eigenvalue weighted by Crippen LogP contribution is -2.22. The van der Waals surface area contributed by atoms with E-state index in [0.29, 0.717) is 24.8 Å². The van der Waals surface area contributed by atoms with Crippen LogP contribution in [0.4, 0.5) is 5.82 Å². The van der Waals surface area contributed by atoms with Crippen LogP contribution in [0.2, 0.25) is 0 Å². The van der Waals surface area contributed by atoms with Crippen LogP contribution in [0.15, 0.2) is 6.33 Å². The molecule has 0 fully saturated rings. The Hall–Kier alpha value is -1.56. The Balaban J connectivity index is 2.49. The summed E-state index contributed by atoms with van der Waals surface area (Å²) in [6.07, 6.45) is 1.33. The van der Waals surface area contributed by atoms with Crippen LogP contribution in [0, 0.1) is 0 Å². The number of rotatable bonds is 5. The van der Waals surface area contributed by atoms with E-state index in [2.05, 4.69) is 9.97 Å². The maximum Gasteiger partial charge on any atom is 0.262 e. The maximum atomic E-state index is 5.62. The summed E-state index contributed by atoms with van der Waals surface area (Å²) in [5, 5.41) is 0. The lowest BCUT2D eigenvalue weighted by Gasteiger charge is -2.19. The van der Waals surface area contributed by atoms with Crippen LogP contribution in [-0.4, -0.2) is 35.9 Å². The van der Waals surface area contributed by atoms with Crippen molar-refractivity contribution in [2.45, 2.75) is 26.4 Å². The second-order valence-electron chi connectivity index (χ2n) is 4.41. The second kappa shape index (κ2) is 5.67. The highest BCUT2D eigenvalue weighted by Crippen LogP contribution is 2.28. The topological polar surface area (TPSA) is 79.5 Å². The van der Waals surface area contributed by atoms with Gasteiger partial charge < -0.3 is 19.9 Å². The van der Waals surface area contributed by atoms with Crippen LogP contribution in [0.25, 0.3) is 0 Å². The number of hydrogen-bond donors (Lipinski definition) is 1. The van der Waals surface area contributed by atoms with E-state index in [0.717, 1.165) is 0 Å². The second-order valence-corrected chi connectivity index (χ2v) is 4.41. The lowest BCUT2D eigenvalue weighted by atomic mass is 10.2. The number of hydrogen-bond acceptors (Lipinski definition) is 6. The monoisotopic (exact) mass is 241 g/mol. The fourth-order valence-corrected chi connectivity index (χ4v) is 1.15. The molecule has 0 aliphatic rings. The first-order valence-electron chi connectivity index (χ1n) is 5.35. The fraction of sp³-hybridized carbons (Fsp3) is 0.636. The number of nitrogens with two attached hydrogens (primary N) is 1. The first kappa shape index (κ1) is 13.5. The van der Waals surface area contributed by atoms with E-state index in [9.17, 15) is 0 Å². The van der Waals surface area contributed by atoms with E-state index in [1.807, 2.05) is 20.8 Å². The van der Waals surface area contributed by atoms with Crippen LogP contribution >= 0.6 is 0 Å². The summed E-state index contributed by atoms with van der Waals surface area (Å²) in [5.74, 6) is 0.940. The average molecular weight is 241 g/mol. The van der Waals surface area contributed by atoms with Gasteiger partial charge in [0, 0.05) is 0 Å². The predicted molar refractivity (Wildman–Crippen MR) is 64.2 cm³/mol. The summed E-state index contributed by atoms with van der Waals surface area (Å²) in [6, 6.07) is 0. The van der Waals surface area contributed by atoms with Crippen molar-refractivity contribution in [2.24, 2.45) is 0 Å². The number of methoxy groups -OCH3 is 1. The van der Waals surface area contributed by atoms with Crippen molar-refractivity contribution in [3.8, 4) is 11.6 Å². The Kier molecular flexibility index (Phi) is 4.51. The zero-order valence-electron chi connectivity index (χ0n) is 10.7. The van der Waals surface area contributed by atoms with Crippen molar-refractivity contribution in [3.05, 3.63) is 6.33 Å². The Morgan fingerprint density at radius 1 is 1.24 bits per heavy atom. The van der Waals surface area contributed by atoms with Crippen molar-refractivity contribution in [3.63, 3.8) is 0 Å². The van der Waals surface area contributed by atoms with E-state index in [-0.39, 0.29) is 11.4 Å². The SMILES string of the molecule is COc1c(N)ncnc1OCCOC(C)(C)C. The summed E-state index contributed by atoms with van der Waals surface area (Å²) in [5.41, 5.74) is 5.44. The molecule has 1 rings (SSSR count). The molecular formula is C11H19N3O3. The molecular weight excluding hydrogens is 222 g/mol. The normalized spacial score (nSPS) is 11.3. The number of aromatic nitrogens is 2. The molecule has 0 aliphatic heterocycles. The fourth-order valence-electron chi connectivity index (χ4n) is 1.15. The van der Waals surface area contributed by atoms with Crippen molar-refractivity contribution >= 4 is 5.82 Å². The van der Waals surface area contributed by atoms with Crippen LogP contribution in [0.1, 0.15) is 20.8 Å². The molecule has 0 saturated carbocycles. The first-order chi connectivity index (χ1) is 7.94. The summed E-state index contributed by atoms with van der Waals surface area (Å²) in [6.45, 7) is 6.80. The molecule has 96 valence electrons. The Labute approximate surface area is 101 Å². The van der Waals surface area contributed by atoms with Gasteiger partial charge in [-0.05, 0) is 20.8 Å². The van der Waals surface area contributed by atoms with Gasteiger partial charge in [-0.1, -0.05) is 0 Å². The molecule has 0 amide bonds. The largest absolute Gasteiger partial charge is 0.489 e. The number of nitrogen functional groups attached to an aromatic ring is 1. The van der Waals surface area contributed by atoms with E-state index in [1.165, 1.54) is 13.4 Å². The standard InChI is InChI=1S/C11H19N3O3/c1-11(2,3)17-6-5-16-10-8(15-4)9(12)13-7-14-10/h7H,5-6H2,1-4H3,(H2,12,13,14). The van der Waals surface area contributed by atoms with Gasteiger partial charge in [-0.3, -0.25) is 0 Å². The Bertz CT molecular complexity index is 363. The molecule has 0 radical (unpaired) electrons. The van der Waals surface area contributed by atoms with Gasteiger partial charge >= 0.3 is 0 Å². The lowest BCUT2D eigenvalue weighted by molar-refractivity contribution is -0.0170. The number of ether oxygens (including phenoxy) is 3. The Morgan fingerprint density at radius 3 is 2.53 bits per heavy atom. The summed E-state index contributed by atoms with van der Waals surface area (Å²) >= 11 is 0. The smallest absolute Gasteiger partial charge is 0.262 e. The predicted octanol–water partition coefficient (Wildman–Crippen LogP) is 1.26. The van der Waals surface area contributed by atoms with Crippen molar-refractivity contribution < 1.29 is 14.2 Å². The van der Waals surface area contributed by atoms with Gasteiger partial charge in [-0.2, -0.15) is 4.98 Å². The van der Waals surface area contributed by atoms with Gasteiger partial charge in [0.1, 0.15) is 12.9 Å². The zero-order chi connectivity index (χ0) is 12.9. The minimum Gasteiger partial charge on any atom is -0.489 e. The van der Waals surface area contributed by atoms with Crippen LogP contribution in [0.3, 0.4) is 0 Å². The van der Waals surface area contributed by atoms with Crippen molar-refractivity contribution in [2.75, 3.05) is 26.1 Å². The summed E-state index contributed by atoms with van der Waals surface area (Å²) < 4.78 is 16.0. The molecule has 6 heteroatoms. The average Bonchev–Trinajstić information content (AvgIpc) is 2.23. The third kappa shape index (κ3) is 4.44. The van der Waals surface area contributed by atoms with Crippen LogP contribution in [0.5, 0.6) is 11.6 Å². The summed E-state index contributed by atoms with van der Waals surface area (Å²) in [7, 11) is 1.49. The number of anilines is 1. The van der Waals surface area contributed by atoms with E-state index >= 15 is 0 Å². The third-order valence-corrected chi connectivity index (χ3v) is 1.86. The van der Waals surface area contributed by atoms with Crippen molar-refractivity contribution in [1.29, 1.82) is 0 Å². The van der Waals surface area contributed by atoms with Crippen LogP contribution in [-0.2, 0) is 4.74 Å². The van der Waals surface area contributed by atoms with Gasteiger partial charge in [0.2, 0.25) is 5.75 Å². The molecule has 0 saturated heterocycles. The van der Waals surface area contributed by atoms with Crippen molar-refractivity contribution in [1.82, 2.24) is 9.97 Å². The Morgan fingerprint density at radius 2 is 1.94 bits per heavy atom. The third-order valence-electron chi connectivity index (χ3n) is 1.86. The molecule has 17 heavy (non-hydrogen) atoms. The molecule has 0 aliphatic carbocycles. The molecule has 6 nitrogen and oxygen atoms in total. The van der Waals surface area contributed by atoms with E-state index in [4.69, 9.17) is 19.9 Å². The minimum absolute atomic E-state index is 0.182. The molecule has 1 aromatic heterocycles. The molecule has 1 aromatic rings. The highest BCUT2D eigenvalue weighted by molar-refractivity contribution is 5.51. The molecule has 2 N–H and O–H groups in total. The van der Waals surface area contributed by atoms with Gasteiger partial charge in [-0.25, -0.2) is 4.98 Å². The van der Waals surface area contributed by atoms with E-state index in [1.54, 1.807) is 0 Å². The number of nitrogens with zero attached hydrogens (tertiary/aromatic N) is 2. The van der Waals surface area contributed by atoms with Gasteiger partial charge in [0.15, 0.2) is 5.82 Å². The molecule has 0 aromatic carbocycles. The molecule has 0 bridgehead atoms. The van der Waals surface area contributed by atoms with Crippen LogP contribution < -0.4 is 15.2 Å². The molecule has 0 unspecified atom stereocenters. The van der Waals surface area contributed by atoms with Gasteiger partial charge in [-0.15, -0.1) is 0 Å². The van der Waals surface area contributed by atoms with E-state index < -0.39 is 0 Å². The maximum absolute atomic E-state index is 5.62. The summed E-state index contributed by atoms with van der Waals surface area (Å²) in [4.78, 5) is 7.76. The highest BCUT2D eigenvalue weighted by atomic mass is 16.6. The van der Waals surface area contributed by atoms with Gasteiger partial charge in [0.25, 0.3) is 5.88 Å². The van der Waals surface area contributed by atoms with Gasteiger partial charge in [0.05, 0.1) is 19.3 Å². The molecule has 0 atom stereocenters. The highest BCUT2D eigenvalue weighted by Gasteiger charge is 2.12.